The molecule has 0 radical (unpaired) electrons. The van der Waals surface area contributed by atoms with Crippen molar-refractivity contribution in [1.29, 1.82) is 0 Å². The van der Waals surface area contributed by atoms with E-state index in [1.165, 1.54) is 5.38 Å². The zero-order valence-electron chi connectivity index (χ0n) is 9.24. The minimum atomic E-state index is -3.96. The van der Waals surface area contributed by atoms with E-state index in [2.05, 4.69) is 13.8 Å². The summed E-state index contributed by atoms with van der Waals surface area (Å²) in [6, 6.07) is 0. The Hall–Kier alpha value is -1.52. The average molecular weight is 294 g/mol. The molecule has 1 rings (SSSR count). The minimum absolute atomic E-state index is 0.270. The number of hydrogen-bond donors (Lipinski definition) is 2. The highest BCUT2D eigenvalue weighted by atomic mass is 32.2. The second-order valence-electron chi connectivity index (χ2n) is 3.06. The Labute approximate surface area is 107 Å². The Bertz CT molecular complexity index is 550. The molecule has 0 aliphatic heterocycles. The number of carbonyl (C=O) groups excluding carboxylic acids is 1. The second-order valence-corrected chi connectivity index (χ2v) is 5.42. The molecular formula is C8H10N2O6S2. The maximum atomic E-state index is 11.8. The van der Waals surface area contributed by atoms with Gasteiger partial charge in [-0.3, -0.25) is 4.79 Å². The van der Waals surface area contributed by atoms with Crippen LogP contribution in [0.5, 0.6) is 0 Å². The van der Waals surface area contributed by atoms with Crippen molar-refractivity contribution in [2.75, 3.05) is 13.7 Å². The highest BCUT2D eigenvalue weighted by Gasteiger charge is 2.25. The molecule has 0 fully saturated rings. The third-order valence-electron chi connectivity index (χ3n) is 1.84. The van der Waals surface area contributed by atoms with Crippen molar-refractivity contribution in [3.63, 3.8) is 0 Å². The van der Waals surface area contributed by atoms with Crippen molar-refractivity contribution in [2.45, 2.75) is 11.3 Å². The fourth-order valence-corrected chi connectivity index (χ4v) is 3.16. The van der Waals surface area contributed by atoms with Gasteiger partial charge in [-0.1, -0.05) is 0 Å². The van der Waals surface area contributed by atoms with Crippen LogP contribution >= 0.6 is 11.5 Å². The van der Waals surface area contributed by atoms with E-state index in [0.29, 0.717) is 0 Å². The van der Waals surface area contributed by atoms with Crippen LogP contribution in [0.15, 0.2) is 10.3 Å². The number of sulfonamides is 1. The lowest BCUT2D eigenvalue weighted by molar-refractivity contribution is -0.136. The molecule has 0 saturated carbocycles. The van der Waals surface area contributed by atoms with Gasteiger partial charge in [0.15, 0.2) is 5.69 Å². The van der Waals surface area contributed by atoms with E-state index in [-0.39, 0.29) is 23.6 Å². The van der Waals surface area contributed by atoms with E-state index < -0.39 is 22.0 Å². The van der Waals surface area contributed by atoms with Gasteiger partial charge in [-0.15, -0.1) is 0 Å². The summed E-state index contributed by atoms with van der Waals surface area (Å²) < 4.78 is 33.6. The lowest BCUT2D eigenvalue weighted by atomic mass is 10.4. The molecule has 0 spiro atoms. The molecule has 0 atom stereocenters. The largest absolute Gasteiger partial charge is 0.481 e. The number of rotatable bonds is 6. The van der Waals surface area contributed by atoms with E-state index in [4.69, 9.17) is 5.11 Å². The highest BCUT2D eigenvalue weighted by Crippen LogP contribution is 2.17. The Morgan fingerprint density at radius 2 is 2.22 bits per heavy atom. The lowest BCUT2D eigenvalue weighted by Gasteiger charge is -2.04. The maximum absolute atomic E-state index is 11.8. The Morgan fingerprint density at radius 3 is 2.78 bits per heavy atom. The Morgan fingerprint density at radius 1 is 1.56 bits per heavy atom. The van der Waals surface area contributed by atoms with Crippen LogP contribution in [-0.2, 0) is 19.6 Å². The van der Waals surface area contributed by atoms with Crippen molar-refractivity contribution in [1.82, 2.24) is 9.10 Å². The van der Waals surface area contributed by atoms with Crippen LogP contribution in [0, 0.1) is 0 Å². The van der Waals surface area contributed by atoms with E-state index in [1.807, 2.05) is 0 Å². The maximum Gasteiger partial charge on any atom is 0.359 e. The zero-order chi connectivity index (χ0) is 13.8. The van der Waals surface area contributed by atoms with Crippen LogP contribution in [0.1, 0.15) is 16.9 Å². The van der Waals surface area contributed by atoms with E-state index in [9.17, 15) is 18.0 Å². The second kappa shape index (κ2) is 5.89. The van der Waals surface area contributed by atoms with Crippen LogP contribution in [0.3, 0.4) is 0 Å². The number of aliphatic carboxylic acids is 1. The molecule has 10 heteroatoms. The fraction of sp³-hybridized carbons (Fsp3) is 0.375. The van der Waals surface area contributed by atoms with Gasteiger partial charge in [0, 0.05) is 11.9 Å². The quantitative estimate of drug-likeness (QED) is 0.689. The molecule has 0 aliphatic carbocycles. The Kier molecular flexibility index (Phi) is 4.76. The summed E-state index contributed by atoms with van der Waals surface area (Å²) in [5.41, 5.74) is -0.315. The van der Waals surface area contributed by atoms with Crippen LogP contribution in [0.4, 0.5) is 0 Å². The van der Waals surface area contributed by atoms with Crippen molar-refractivity contribution in [3.05, 3.63) is 11.1 Å². The molecule has 0 aliphatic rings. The first-order valence-corrected chi connectivity index (χ1v) is 6.94. The molecule has 0 bridgehead atoms. The first-order valence-electron chi connectivity index (χ1n) is 4.62. The third kappa shape index (κ3) is 3.48. The number of carbonyl (C=O) groups is 2. The summed E-state index contributed by atoms with van der Waals surface area (Å²) in [5.74, 6) is -2.00. The molecule has 1 aromatic heterocycles. The van der Waals surface area contributed by atoms with Crippen molar-refractivity contribution in [3.8, 4) is 0 Å². The normalized spacial score (nSPS) is 11.2. The Balaban J connectivity index is 2.89. The molecule has 0 unspecified atom stereocenters. The van der Waals surface area contributed by atoms with Crippen LogP contribution in [0.2, 0.25) is 0 Å². The summed E-state index contributed by atoms with van der Waals surface area (Å²) in [5, 5.41) is 9.58. The van der Waals surface area contributed by atoms with Gasteiger partial charge in [-0.05, 0) is 11.5 Å². The molecule has 8 nitrogen and oxygen atoms in total. The van der Waals surface area contributed by atoms with Gasteiger partial charge in [0.1, 0.15) is 4.90 Å². The van der Waals surface area contributed by atoms with E-state index in [1.54, 1.807) is 0 Å². The van der Waals surface area contributed by atoms with Gasteiger partial charge in [0.2, 0.25) is 10.0 Å². The minimum Gasteiger partial charge on any atom is -0.481 e. The molecule has 1 aromatic rings. The summed E-state index contributed by atoms with van der Waals surface area (Å²) in [6.07, 6.45) is -0.357. The predicted octanol–water partition coefficient (Wildman–Crippen LogP) is -0.317. The smallest absolute Gasteiger partial charge is 0.359 e. The monoisotopic (exact) mass is 294 g/mol. The summed E-state index contributed by atoms with van der Waals surface area (Å²) in [7, 11) is -2.86. The number of methoxy groups -OCH3 is 1. The highest BCUT2D eigenvalue weighted by molar-refractivity contribution is 7.89. The van der Waals surface area contributed by atoms with Gasteiger partial charge >= 0.3 is 11.9 Å². The van der Waals surface area contributed by atoms with Crippen LogP contribution < -0.4 is 4.72 Å². The molecule has 18 heavy (non-hydrogen) atoms. The standard InChI is InChI=1S/C8H10N2O6S2/c1-16-8(13)7-5(4-17-10-7)18(14,15)9-3-2-6(11)12/h4,9H,2-3H2,1H3,(H,11,12). The number of ether oxygens (including phenoxy) is 1. The first-order chi connectivity index (χ1) is 8.38. The molecule has 2 N–H and O–H groups in total. The number of nitrogens with one attached hydrogen (secondary N) is 1. The van der Waals surface area contributed by atoms with E-state index >= 15 is 0 Å². The van der Waals surface area contributed by atoms with Crippen molar-refractivity contribution < 1.29 is 27.9 Å². The first kappa shape index (κ1) is 14.5. The van der Waals surface area contributed by atoms with Crippen molar-refractivity contribution >= 4 is 33.5 Å². The van der Waals surface area contributed by atoms with E-state index in [0.717, 1.165) is 18.6 Å². The van der Waals surface area contributed by atoms with Crippen molar-refractivity contribution in [2.24, 2.45) is 0 Å². The molecule has 0 amide bonds. The number of esters is 1. The third-order valence-corrected chi connectivity index (χ3v) is 4.09. The number of nitrogens with zero attached hydrogens (tertiary/aromatic N) is 1. The number of aromatic nitrogens is 1. The lowest BCUT2D eigenvalue weighted by Crippen LogP contribution is -2.27. The van der Waals surface area contributed by atoms with Gasteiger partial charge in [0.05, 0.1) is 13.5 Å². The number of carboxylic acids is 1. The SMILES string of the molecule is COC(=O)c1nscc1S(=O)(=O)NCCC(=O)O. The average Bonchev–Trinajstić information content (AvgIpc) is 2.76. The molecule has 0 aromatic carbocycles. The number of carboxylic acid groups (broad SMARTS) is 1. The molecule has 0 saturated heterocycles. The van der Waals surface area contributed by atoms with Gasteiger partial charge in [-0.2, -0.15) is 4.37 Å². The summed E-state index contributed by atoms with van der Waals surface area (Å²) >= 11 is 0.790. The summed E-state index contributed by atoms with van der Waals surface area (Å²) in [6.45, 7) is -0.270. The van der Waals surface area contributed by atoms with Gasteiger partial charge in [-0.25, -0.2) is 17.9 Å². The van der Waals surface area contributed by atoms with Gasteiger partial charge in [0.25, 0.3) is 0 Å². The topological polar surface area (TPSA) is 123 Å². The molecule has 1 heterocycles. The number of hydrogen-bond acceptors (Lipinski definition) is 7. The summed E-state index contributed by atoms with van der Waals surface area (Å²) in [4.78, 5) is 21.2. The van der Waals surface area contributed by atoms with Crippen LogP contribution in [-0.4, -0.2) is 43.5 Å². The zero-order valence-corrected chi connectivity index (χ0v) is 10.9. The fourth-order valence-electron chi connectivity index (χ4n) is 1.02. The predicted molar refractivity (Wildman–Crippen MR) is 60.9 cm³/mol. The molecule has 100 valence electrons. The molecular weight excluding hydrogens is 284 g/mol. The van der Waals surface area contributed by atoms with Gasteiger partial charge < -0.3 is 9.84 Å². The van der Waals surface area contributed by atoms with Crippen LogP contribution in [0.25, 0.3) is 0 Å².